The Balaban J connectivity index is 0.00000529. The number of nitrogens with zero attached hydrogens (tertiary/aromatic N) is 1. The van der Waals surface area contributed by atoms with Crippen molar-refractivity contribution in [2.75, 3.05) is 39.0 Å². The lowest BCUT2D eigenvalue weighted by Crippen LogP contribution is -2.42. The van der Waals surface area contributed by atoms with Gasteiger partial charge in [-0.15, -0.1) is 24.0 Å². The lowest BCUT2D eigenvalue weighted by Gasteiger charge is -2.12. The van der Waals surface area contributed by atoms with Gasteiger partial charge in [0.05, 0.1) is 12.4 Å². The van der Waals surface area contributed by atoms with Crippen molar-refractivity contribution < 1.29 is 13.2 Å². The molecule has 138 valence electrons. The quantitative estimate of drug-likeness (QED) is 0.207. The molecule has 3 N–H and O–H groups in total. The number of para-hydroxylation sites is 1. The Morgan fingerprint density at radius 1 is 1.12 bits per heavy atom. The van der Waals surface area contributed by atoms with Gasteiger partial charge < -0.3 is 15.4 Å². The summed E-state index contributed by atoms with van der Waals surface area (Å²) >= 11 is 0. The maximum atomic E-state index is 11.3. The van der Waals surface area contributed by atoms with Gasteiger partial charge in [-0.2, -0.15) is 0 Å². The monoisotopic (exact) mass is 470 g/mol. The molecule has 0 radical (unpaired) electrons. The highest BCUT2D eigenvalue weighted by molar-refractivity contribution is 14.0. The Hall–Kier alpha value is -1.07. The van der Waals surface area contributed by atoms with Crippen molar-refractivity contribution in [3.05, 3.63) is 30.3 Å². The van der Waals surface area contributed by atoms with Crippen LogP contribution in [0.4, 0.5) is 0 Å². The number of aliphatic imine (C=N–C) groups is 1. The van der Waals surface area contributed by atoms with Crippen molar-refractivity contribution in [2.45, 2.75) is 13.3 Å². The van der Waals surface area contributed by atoms with Crippen molar-refractivity contribution in [3.63, 3.8) is 0 Å². The Kier molecular flexibility index (Phi) is 12.7. The predicted octanol–water partition coefficient (Wildman–Crippen LogP) is 1.18. The Labute approximate surface area is 161 Å². The summed E-state index contributed by atoms with van der Waals surface area (Å²) in [5.41, 5.74) is 0. The van der Waals surface area contributed by atoms with Crippen molar-refractivity contribution in [2.24, 2.45) is 4.99 Å². The summed E-state index contributed by atoms with van der Waals surface area (Å²) in [4.78, 5) is 4.07. The van der Waals surface area contributed by atoms with Crippen LogP contribution in [0.5, 0.6) is 5.75 Å². The number of hydrogen-bond donors (Lipinski definition) is 3. The molecule has 0 bridgehead atoms. The van der Waals surface area contributed by atoms with Crippen LogP contribution in [0.15, 0.2) is 35.3 Å². The molecule has 0 heterocycles. The molecule has 0 spiro atoms. The minimum absolute atomic E-state index is 0. The lowest BCUT2D eigenvalue weighted by molar-refractivity contribution is 0.311. The zero-order valence-electron chi connectivity index (χ0n) is 14.1. The summed E-state index contributed by atoms with van der Waals surface area (Å²) in [6.45, 7) is 3.73. The molecule has 1 rings (SSSR count). The second kappa shape index (κ2) is 13.2. The van der Waals surface area contributed by atoms with Crippen LogP contribution >= 0.6 is 24.0 Å². The zero-order chi connectivity index (χ0) is 17.0. The molecular formula is C15H27IN4O3S. The molecule has 24 heavy (non-hydrogen) atoms. The summed E-state index contributed by atoms with van der Waals surface area (Å²) in [6.07, 6.45) is 0.831. The van der Waals surface area contributed by atoms with E-state index in [0.717, 1.165) is 12.2 Å². The third-order valence-corrected chi connectivity index (χ3v) is 4.37. The molecule has 0 aliphatic heterocycles. The Bertz CT molecular complexity index is 567. The first-order valence-corrected chi connectivity index (χ1v) is 9.32. The fourth-order valence-electron chi connectivity index (χ4n) is 1.70. The van der Waals surface area contributed by atoms with Crippen LogP contribution in [0.1, 0.15) is 13.3 Å². The van der Waals surface area contributed by atoms with Crippen LogP contribution in [0.2, 0.25) is 0 Å². The van der Waals surface area contributed by atoms with Crippen molar-refractivity contribution in [3.8, 4) is 5.75 Å². The van der Waals surface area contributed by atoms with Gasteiger partial charge in [0.2, 0.25) is 10.0 Å². The number of ether oxygens (including phenoxy) is 1. The summed E-state index contributed by atoms with van der Waals surface area (Å²) in [5.74, 6) is 1.58. The number of benzene rings is 1. The maximum absolute atomic E-state index is 11.3. The summed E-state index contributed by atoms with van der Waals surface area (Å²) < 4.78 is 30.6. The zero-order valence-corrected chi connectivity index (χ0v) is 17.3. The lowest BCUT2D eigenvalue weighted by atomic mass is 10.3. The van der Waals surface area contributed by atoms with E-state index < -0.39 is 10.0 Å². The molecule has 0 amide bonds. The van der Waals surface area contributed by atoms with E-state index in [0.29, 0.717) is 32.2 Å². The van der Waals surface area contributed by atoms with Crippen molar-refractivity contribution in [1.29, 1.82) is 0 Å². The molecule has 1 aromatic carbocycles. The first-order valence-electron chi connectivity index (χ1n) is 7.67. The number of nitrogens with one attached hydrogen (secondary N) is 3. The molecule has 0 aromatic heterocycles. The smallest absolute Gasteiger partial charge is 0.211 e. The van der Waals surface area contributed by atoms with Gasteiger partial charge in [-0.05, 0) is 25.5 Å². The Morgan fingerprint density at radius 3 is 2.42 bits per heavy atom. The fraction of sp³-hybridized carbons (Fsp3) is 0.533. The molecular weight excluding hydrogens is 443 g/mol. The van der Waals surface area contributed by atoms with Gasteiger partial charge in [0.25, 0.3) is 0 Å². The van der Waals surface area contributed by atoms with E-state index >= 15 is 0 Å². The number of rotatable bonds is 10. The van der Waals surface area contributed by atoms with Crippen molar-refractivity contribution >= 4 is 40.0 Å². The number of halogens is 1. The van der Waals surface area contributed by atoms with Crippen LogP contribution < -0.4 is 20.1 Å². The molecule has 1 aromatic rings. The molecule has 0 fully saturated rings. The number of sulfonamides is 1. The number of guanidine groups is 1. The summed E-state index contributed by atoms with van der Waals surface area (Å²) in [7, 11) is -1.47. The highest BCUT2D eigenvalue weighted by Crippen LogP contribution is 2.07. The molecule has 0 saturated carbocycles. The molecule has 9 heteroatoms. The van der Waals surface area contributed by atoms with E-state index in [2.05, 4.69) is 20.3 Å². The SMILES string of the molecule is CCS(=O)(=O)NCCNC(=NC)NCCCOc1ccccc1.I. The molecule has 0 aliphatic rings. The van der Waals surface area contributed by atoms with Crippen LogP contribution in [0, 0.1) is 0 Å². The van der Waals surface area contributed by atoms with E-state index in [1.165, 1.54) is 0 Å². The first kappa shape index (κ1) is 22.9. The van der Waals surface area contributed by atoms with Gasteiger partial charge in [-0.3, -0.25) is 4.99 Å². The third-order valence-electron chi connectivity index (χ3n) is 2.97. The van der Waals surface area contributed by atoms with Crippen LogP contribution in [0.3, 0.4) is 0 Å². The van der Waals surface area contributed by atoms with Crippen LogP contribution in [-0.2, 0) is 10.0 Å². The van der Waals surface area contributed by atoms with E-state index in [4.69, 9.17) is 4.74 Å². The average molecular weight is 470 g/mol. The second-order valence-corrected chi connectivity index (χ2v) is 6.83. The van der Waals surface area contributed by atoms with E-state index in [1.54, 1.807) is 14.0 Å². The predicted molar refractivity (Wildman–Crippen MR) is 109 cm³/mol. The minimum atomic E-state index is -3.14. The average Bonchev–Trinajstić information content (AvgIpc) is 2.57. The van der Waals surface area contributed by atoms with Gasteiger partial charge in [0.1, 0.15) is 5.75 Å². The molecule has 7 nitrogen and oxygen atoms in total. The highest BCUT2D eigenvalue weighted by Gasteiger charge is 2.04. The highest BCUT2D eigenvalue weighted by atomic mass is 127. The van der Waals surface area contributed by atoms with Crippen molar-refractivity contribution in [1.82, 2.24) is 15.4 Å². The molecule has 0 atom stereocenters. The van der Waals surface area contributed by atoms with Gasteiger partial charge in [0, 0.05) is 26.7 Å². The standard InChI is InChI=1S/C15H26N4O3S.HI/c1-3-23(20,21)19-12-11-18-15(16-2)17-10-7-13-22-14-8-5-4-6-9-14;/h4-6,8-9,19H,3,7,10-13H2,1-2H3,(H2,16,17,18);1H. The van der Waals surface area contributed by atoms with E-state index in [1.807, 2.05) is 30.3 Å². The van der Waals surface area contributed by atoms with E-state index in [-0.39, 0.29) is 29.7 Å². The maximum Gasteiger partial charge on any atom is 0.211 e. The third kappa shape index (κ3) is 10.7. The minimum Gasteiger partial charge on any atom is -0.494 e. The molecule has 0 unspecified atom stereocenters. The fourth-order valence-corrected chi connectivity index (χ4v) is 2.31. The molecule has 0 saturated heterocycles. The largest absolute Gasteiger partial charge is 0.494 e. The number of hydrogen-bond acceptors (Lipinski definition) is 4. The van der Waals surface area contributed by atoms with E-state index in [9.17, 15) is 8.42 Å². The summed E-state index contributed by atoms with van der Waals surface area (Å²) in [5, 5.41) is 6.19. The van der Waals surface area contributed by atoms with Crippen LogP contribution in [0.25, 0.3) is 0 Å². The second-order valence-electron chi connectivity index (χ2n) is 4.74. The van der Waals surface area contributed by atoms with Crippen LogP contribution in [-0.4, -0.2) is 53.4 Å². The Morgan fingerprint density at radius 2 is 1.79 bits per heavy atom. The molecule has 0 aliphatic carbocycles. The van der Waals surface area contributed by atoms with Gasteiger partial charge >= 0.3 is 0 Å². The first-order chi connectivity index (χ1) is 11.1. The van der Waals surface area contributed by atoms with Gasteiger partial charge in [0.15, 0.2) is 5.96 Å². The topological polar surface area (TPSA) is 91.8 Å². The normalized spacial score (nSPS) is 11.5. The van der Waals surface area contributed by atoms with Gasteiger partial charge in [-0.1, -0.05) is 18.2 Å². The van der Waals surface area contributed by atoms with Gasteiger partial charge in [-0.25, -0.2) is 13.1 Å². The summed E-state index contributed by atoms with van der Waals surface area (Å²) in [6, 6.07) is 9.67.